The largest absolute Gasteiger partial charge is 0.495 e. The van der Waals surface area contributed by atoms with Crippen molar-refractivity contribution in [3.8, 4) is 5.75 Å². The number of rotatable bonds is 4. The number of ether oxygens (including phenoxy) is 1. The number of nitrogens with one attached hydrogen (secondary N) is 1. The number of carbonyl (C=O) groups is 1. The number of carbonyl (C=O) groups excluding carboxylic acids is 1. The number of methoxy groups -OCH3 is 1. The predicted octanol–water partition coefficient (Wildman–Crippen LogP) is 4.48. The minimum atomic E-state index is -0.145. The van der Waals surface area contributed by atoms with Gasteiger partial charge in [0.2, 0.25) is 0 Å². The van der Waals surface area contributed by atoms with Gasteiger partial charge in [-0.1, -0.05) is 25.1 Å². The number of aromatic nitrogens is 1. The van der Waals surface area contributed by atoms with Crippen LogP contribution < -0.4 is 10.1 Å². The van der Waals surface area contributed by atoms with E-state index in [2.05, 4.69) is 24.3 Å². The van der Waals surface area contributed by atoms with Gasteiger partial charge in [0.05, 0.1) is 24.5 Å². The highest BCUT2D eigenvalue weighted by Gasteiger charge is 2.33. The van der Waals surface area contributed by atoms with E-state index >= 15 is 0 Å². The first-order valence-corrected chi connectivity index (χ1v) is 8.68. The smallest absolute Gasteiger partial charge is 0.322 e. The van der Waals surface area contributed by atoms with E-state index < -0.39 is 0 Å². The second-order valence-corrected chi connectivity index (χ2v) is 6.79. The molecular formula is C19H25N3O3. The monoisotopic (exact) mass is 343 g/mol. The molecule has 1 aromatic heterocycles. The highest BCUT2D eigenvalue weighted by molar-refractivity contribution is 5.91. The molecule has 1 N–H and O–H groups in total. The number of benzene rings is 1. The van der Waals surface area contributed by atoms with E-state index in [1.807, 2.05) is 36.1 Å². The Kier molecular flexibility index (Phi) is 4.97. The molecule has 25 heavy (non-hydrogen) atoms. The normalized spacial score (nSPS) is 17.2. The third kappa shape index (κ3) is 3.62. The molecule has 6 heteroatoms. The Morgan fingerprint density at radius 1 is 1.40 bits per heavy atom. The van der Waals surface area contributed by atoms with E-state index in [1.54, 1.807) is 7.11 Å². The maximum atomic E-state index is 12.8. The van der Waals surface area contributed by atoms with Gasteiger partial charge in [-0.3, -0.25) is 0 Å². The van der Waals surface area contributed by atoms with Crippen LogP contribution in [0.1, 0.15) is 55.7 Å². The van der Waals surface area contributed by atoms with E-state index in [4.69, 9.17) is 9.26 Å². The average Bonchev–Trinajstić information content (AvgIpc) is 3.24. The third-order valence-electron chi connectivity index (χ3n) is 4.58. The van der Waals surface area contributed by atoms with E-state index in [9.17, 15) is 4.79 Å². The van der Waals surface area contributed by atoms with E-state index in [0.29, 0.717) is 23.9 Å². The zero-order valence-corrected chi connectivity index (χ0v) is 15.2. The van der Waals surface area contributed by atoms with Crippen LogP contribution in [-0.2, 0) is 0 Å². The van der Waals surface area contributed by atoms with Crippen molar-refractivity contribution in [1.29, 1.82) is 0 Å². The Bertz CT molecular complexity index is 754. The molecule has 0 bridgehead atoms. The first-order valence-electron chi connectivity index (χ1n) is 8.68. The van der Waals surface area contributed by atoms with Crippen molar-refractivity contribution in [1.82, 2.24) is 10.1 Å². The Balaban J connectivity index is 1.78. The second kappa shape index (κ2) is 7.17. The second-order valence-electron chi connectivity index (χ2n) is 6.79. The highest BCUT2D eigenvalue weighted by Crippen LogP contribution is 2.34. The summed E-state index contributed by atoms with van der Waals surface area (Å²) < 4.78 is 10.9. The van der Waals surface area contributed by atoms with Crippen molar-refractivity contribution in [2.45, 2.75) is 45.6 Å². The number of amides is 2. The van der Waals surface area contributed by atoms with Gasteiger partial charge in [-0.25, -0.2) is 4.79 Å². The van der Waals surface area contributed by atoms with Gasteiger partial charge in [-0.05, 0) is 43.4 Å². The number of aryl methyl sites for hydroxylation is 1. The van der Waals surface area contributed by atoms with Crippen LogP contribution in [0.2, 0.25) is 0 Å². The van der Waals surface area contributed by atoms with Crippen LogP contribution in [0.25, 0.3) is 0 Å². The molecule has 1 fully saturated rings. The van der Waals surface area contributed by atoms with Crippen LogP contribution >= 0.6 is 0 Å². The molecule has 0 aliphatic carbocycles. The summed E-state index contributed by atoms with van der Waals surface area (Å²) in [5.41, 5.74) is 2.66. The Labute approximate surface area is 148 Å². The van der Waals surface area contributed by atoms with Crippen molar-refractivity contribution < 1.29 is 14.1 Å². The molecule has 1 saturated heterocycles. The standard InChI is InChI=1S/C19H25N3O3/c1-12(2)14-11-18(25-21-14)16-6-5-9-22(16)19(23)20-15-10-13(3)7-8-17(15)24-4/h7-8,10-12,16H,5-6,9H2,1-4H3,(H,20,23)/t16-/m1/s1. The lowest BCUT2D eigenvalue weighted by Crippen LogP contribution is -2.34. The third-order valence-corrected chi connectivity index (χ3v) is 4.58. The number of urea groups is 1. The van der Waals surface area contributed by atoms with Gasteiger partial charge < -0.3 is 19.5 Å². The SMILES string of the molecule is COc1ccc(C)cc1NC(=O)N1CCC[C@@H]1c1cc(C(C)C)no1. The van der Waals surface area contributed by atoms with Gasteiger partial charge in [0.15, 0.2) is 5.76 Å². The number of hydrogen-bond donors (Lipinski definition) is 1. The quantitative estimate of drug-likeness (QED) is 0.888. The number of likely N-dealkylation sites (tertiary alicyclic amines) is 1. The molecule has 0 unspecified atom stereocenters. The Hall–Kier alpha value is -2.50. The number of nitrogens with zero attached hydrogens (tertiary/aromatic N) is 2. The molecule has 134 valence electrons. The summed E-state index contributed by atoms with van der Waals surface area (Å²) in [6.07, 6.45) is 1.83. The molecule has 1 aliphatic rings. The first-order chi connectivity index (χ1) is 12.0. The van der Waals surface area contributed by atoms with Crippen molar-refractivity contribution in [3.63, 3.8) is 0 Å². The van der Waals surface area contributed by atoms with Gasteiger partial charge in [-0.15, -0.1) is 0 Å². The van der Waals surface area contributed by atoms with Crippen LogP contribution in [0.4, 0.5) is 10.5 Å². The summed E-state index contributed by atoms with van der Waals surface area (Å²) in [6.45, 7) is 6.83. The molecule has 2 heterocycles. The molecule has 3 rings (SSSR count). The van der Waals surface area contributed by atoms with Crippen LogP contribution in [0.3, 0.4) is 0 Å². The molecule has 0 saturated carbocycles. The van der Waals surface area contributed by atoms with Crippen LogP contribution in [-0.4, -0.2) is 29.7 Å². The summed E-state index contributed by atoms with van der Waals surface area (Å²) in [6, 6.07) is 7.47. The lowest BCUT2D eigenvalue weighted by Gasteiger charge is -2.23. The molecule has 1 aromatic carbocycles. The van der Waals surface area contributed by atoms with Gasteiger partial charge >= 0.3 is 6.03 Å². The van der Waals surface area contributed by atoms with Crippen molar-refractivity contribution in [3.05, 3.63) is 41.3 Å². The molecule has 0 spiro atoms. The minimum Gasteiger partial charge on any atom is -0.495 e. The molecular weight excluding hydrogens is 318 g/mol. The van der Waals surface area contributed by atoms with Crippen LogP contribution in [0.5, 0.6) is 5.75 Å². The Morgan fingerprint density at radius 2 is 2.20 bits per heavy atom. The van der Waals surface area contributed by atoms with E-state index in [-0.39, 0.29) is 12.1 Å². The van der Waals surface area contributed by atoms with E-state index in [1.165, 1.54) is 0 Å². The van der Waals surface area contributed by atoms with Crippen molar-refractivity contribution in [2.24, 2.45) is 0 Å². The lowest BCUT2D eigenvalue weighted by molar-refractivity contribution is 0.195. The molecule has 2 amide bonds. The minimum absolute atomic E-state index is 0.0733. The Morgan fingerprint density at radius 3 is 2.88 bits per heavy atom. The summed E-state index contributed by atoms with van der Waals surface area (Å²) in [5, 5.41) is 7.10. The predicted molar refractivity (Wildman–Crippen MR) is 96.0 cm³/mol. The van der Waals surface area contributed by atoms with Gasteiger partial charge in [0.25, 0.3) is 0 Å². The summed E-state index contributed by atoms with van der Waals surface area (Å²) in [4.78, 5) is 14.6. The maximum Gasteiger partial charge on any atom is 0.322 e. The fourth-order valence-corrected chi connectivity index (χ4v) is 3.15. The lowest BCUT2D eigenvalue weighted by atomic mass is 10.1. The summed E-state index contributed by atoms with van der Waals surface area (Å²) in [5.74, 6) is 1.71. The first kappa shape index (κ1) is 17.3. The zero-order valence-electron chi connectivity index (χ0n) is 15.2. The molecule has 2 aromatic rings. The molecule has 1 atom stereocenters. The van der Waals surface area contributed by atoms with Crippen LogP contribution in [0, 0.1) is 6.92 Å². The highest BCUT2D eigenvalue weighted by atomic mass is 16.5. The summed E-state index contributed by atoms with van der Waals surface area (Å²) >= 11 is 0. The molecule has 6 nitrogen and oxygen atoms in total. The average molecular weight is 343 g/mol. The van der Waals surface area contributed by atoms with Gasteiger partial charge in [0, 0.05) is 12.6 Å². The van der Waals surface area contributed by atoms with E-state index in [0.717, 1.165) is 29.9 Å². The van der Waals surface area contributed by atoms with Crippen LogP contribution in [0.15, 0.2) is 28.8 Å². The maximum absolute atomic E-state index is 12.8. The topological polar surface area (TPSA) is 67.6 Å². The fraction of sp³-hybridized carbons (Fsp3) is 0.474. The zero-order chi connectivity index (χ0) is 18.0. The summed E-state index contributed by atoms with van der Waals surface area (Å²) in [7, 11) is 1.60. The van der Waals surface area contributed by atoms with Gasteiger partial charge in [0.1, 0.15) is 5.75 Å². The fourth-order valence-electron chi connectivity index (χ4n) is 3.15. The molecule has 0 radical (unpaired) electrons. The number of hydrogen-bond acceptors (Lipinski definition) is 4. The van der Waals surface area contributed by atoms with Crippen molar-refractivity contribution in [2.75, 3.05) is 19.0 Å². The molecule has 1 aliphatic heterocycles. The van der Waals surface area contributed by atoms with Gasteiger partial charge in [-0.2, -0.15) is 0 Å². The van der Waals surface area contributed by atoms with Crippen molar-refractivity contribution >= 4 is 11.7 Å². The number of anilines is 1.